The van der Waals surface area contributed by atoms with Crippen LogP contribution in [0.15, 0.2) is 9.85 Å². The summed E-state index contributed by atoms with van der Waals surface area (Å²) >= 11 is 5.53. The molecule has 4 heteroatoms. The first-order valence-corrected chi connectivity index (χ1v) is 8.64. The molecule has 108 valence electrons. The molecule has 1 N–H and O–H groups in total. The molecule has 1 heterocycles. The van der Waals surface area contributed by atoms with Gasteiger partial charge in [0.2, 0.25) is 0 Å². The van der Waals surface area contributed by atoms with Crippen molar-refractivity contribution in [3.8, 4) is 0 Å². The Balaban J connectivity index is 1.97. The van der Waals surface area contributed by atoms with Crippen molar-refractivity contribution < 1.29 is 0 Å². The molecule has 19 heavy (non-hydrogen) atoms. The van der Waals surface area contributed by atoms with E-state index in [2.05, 4.69) is 60.2 Å². The summed E-state index contributed by atoms with van der Waals surface area (Å²) in [5.74, 6) is 0. The van der Waals surface area contributed by atoms with Gasteiger partial charge in [-0.2, -0.15) is 0 Å². The second kappa shape index (κ2) is 6.25. The van der Waals surface area contributed by atoms with Gasteiger partial charge in [-0.05, 0) is 66.3 Å². The molecule has 1 aromatic heterocycles. The molecule has 0 fully saturated rings. The Morgan fingerprint density at radius 3 is 2.89 bits per heavy atom. The minimum absolute atomic E-state index is 0.314. The van der Waals surface area contributed by atoms with E-state index in [-0.39, 0.29) is 0 Å². The summed E-state index contributed by atoms with van der Waals surface area (Å²) in [7, 11) is 4.30. The average molecular weight is 345 g/mol. The van der Waals surface area contributed by atoms with Crippen molar-refractivity contribution in [3.63, 3.8) is 0 Å². The van der Waals surface area contributed by atoms with Crippen molar-refractivity contribution in [3.05, 3.63) is 20.3 Å². The van der Waals surface area contributed by atoms with Crippen molar-refractivity contribution in [2.24, 2.45) is 5.41 Å². The Morgan fingerprint density at radius 2 is 2.21 bits per heavy atom. The van der Waals surface area contributed by atoms with Crippen molar-refractivity contribution in [1.82, 2.24) is 10.2 Å². The van der Waals surface area contributed by atoms with E-state index in [1.807, 2.05) is 11.3 Å². The first-order valence-electron chi connectivity index (χ1n) is 7.04. The average Bonchev–Trinajstić information content (AvgIpc) is 2.65. The van der Waals surface area contributed by atoms with Crippen LogP contribution in [0.4, 0.5) is 0 Å². The minimum atomic E-state index is 0.314. The molecule has 1 atom stereocenters. The highest BCUT2D eigenvalue weighted by atomic mass is 79.9. The summed E-state index contributed by atoms with van der Waals surface area (Å²) < 4.78 is 1.28. The van der Waals surface area contributed by atoms with Crippen molar-refractivity contribution in [2.75, 3.05) is 27.2 Å². The lowest BCUT2D eigenvalue weighted by atomic mass is 9.89. The zero-order chi connectivity index (χ0) is 14.0. The predicted octanol–water partition coefficient (Wildman–Crippen LogP) is 4.07. The van der Waals surface area contributed by atoms with Gasteiger partial charge >= 0.3 is 0 Å². The molecule has 1 aromatic rings. The molecule has 2 nitrogen and oxygen atoms in total. The number of thiophene rings is 1. The second-order valence-electron chi connectivity index (χ2n) is 6.66. The maximum atomic E-state index is 3.80. The van der Waals surface area contributed by atoms with Gasteiger partial charge in [-0.1, -0.05) is 13.8 Å². The number of hydrogen-bond acceptors (Lipinski definition) is 3. The standard InChI is InChI=1S/C15H25BrN2S/c1-15(2,10-18(3)4)9-17-12-6-5-7-13-11(12)8-14(16)19-13/h8,12,17H,5-7,9-10H2,1-4H3. The number of fused-ring (bicyclic) bond motifs is 1. The normalized spacial score (nSPS) is 19.8. The zero-order valence-corrected chi connectivity index (χ0v) is 14.8. The van der Waals surface area contributed by atoms with Crippen LogP contribution in [0.1, 0.15) is 43.2 Å². The molecular weight excluding hydrogens is 320 g/mol. The van der Waals surface area contributed by atoms with E-state index < -0.39 is 0 Å². The SMILES string of the molecule is CN(C)CC(C)(C)CNC1CCCc2sc(Br)cc21. The van der Waals surface area contributed by atoms with Crippen LogP contribution in [0.2, 0.25) is 0 Å². The molecule has 0 aliphatic heterocycles. The van der Waals surface area contributed by atoms with Crippen LogP contribution < -0.4 is 5.32 Å². The Labute approximate surface area is 129 Å². The highest BCUT2D eigenvalue weighted by Gasteiger charge is 2.25. The monoisotopic (exact) mass is 344 g/mol. The summed E-state index contributed by atoms with van der Waals surface area (Å²) in [6.07, 6.45) is 3.84. The molecule has 0 aromatic carbocycles. The van der Waals surface area contributed by atoms with Gasteiger partial charge in [0.05, 0.1) is 3.79 Å². The zero-order valence-electron chi connectivity index (χ0n) is 12.4. The summed E-state index contributed by atoms with van der Waals surface area (Å²) in [5, 5.41) is 3.80. The van der Waals surface area contributed by atoms with Gasteiger partial charge in [-0.25, -0.2) is 0 Å². The Morgan fingerprint density at radius 1 is 1.47 bits per heavy atom. The molecule has 0 saturated heterocycles. The van der Waals surface area contributed by atoms with E-state index in [4.69, 9.17) is 0 Å². The number of nitrogens with one attached hydrogen (secondary N) is 1. The molecule has 1 aliphatic rings. The first-order chi connectivity index (χ1) is 8.87. The molecule has 1 unspecified atom stereocenters. The van der Waals surface area contributed by atoms with Gasteiger partial charge in [-0.15, -0.1) is 11.3 Å². The predicted molar refractivity (Wildman–Crippen MR) is 88.0 cm³/mol. The van der Waals surface area contributed by atoms with Crippen LogP contribution in [0.3, 0.4) is 0 Å². The van der Waals surface area contributed by atoms with E-state index in [0.29, 0.717) is 11.5 Å². The van der Waals surface area contributed by atoms with Crippen LogP contribution in [-0.4, -0.2) is 32.1 Å². The van der Waals surface area contributed by atoms with Crippen molar-refractivity contribution in [1.29, 1.82) is 0 Å². The fourth-order valence-corrected chi connectivity index (χ4v) is 4.86. The van der Waals surface area contributed by atoms with E-state index in [9.17, 15) is 0 Å². The lowest BCUT2D eigenvalue weighted by molar-refractivity contribution is 0.222. The van der Waals surface area contributed by atoms with Crippen molar-refractivity contribution in [2.45, 2.75) is 39.2 Å². The summed E-state index contributed by atoms with van der Waals surface area (Å²) in [6.45, 7) is 6.87. The van der Waals surface area contributed by atoms with Gasteiger partial charge < -0.3 is 10.2 Å². The Bertz CT molecular complexity index is 426. The van der Waals surface area contributed by atoms with Gasteiger partial charge in [0.15, 0.2) is 0 Å². The molecule has 0 bridgehead atoms. The number of hydrogen-bond donors (Lipinski definition) is 1. The van der Waals surface area contributed by atoms with E-state index in [0.717, 1.165) is 13.1 Å². The van der Waals surface area contributed by atoms with E-state index >= 15 is 0 Å². The maximum absolute atomic E-state index is 3.80. The first kappa shape index (κ1) is 15.5. The van der Waals surface area contributed by atoms with Gasteiger partial charge in [0.25, 0.3) is 0 Å². The van der Waals surface area contributed by atoms with Gasteiger partial charge in [0.1, 0.15) is 0 Å². The van der Waals surface area contributed by atoms with Crippen LogP contribution in [0.25, 0.3) is 0 Å². The van der Waals surface area contributed by atoms with Gasteiger partial charge in [0, 0.05) is 24.0 Å². The molecule has 0 saturated carbocycles. The largest absolute Gasteiger partial charge is 0.309 e. The van der Waals surface area contributed by atoms with Gasteiger partial charge in [-0.3, -0.25) is 0 Å². The van der Waals surface area contributed by atoms with Crippen LogP contribution in [0, 0.1) is 5.41 Å². The summed E-state index contributed by atoms with van der Waals surface area (Å²) in [4.78, 5) is 3.84. The minimum Gasteiger partial charge on any atom is -0.309 e. The highest BCUT2D eigenvalue weighted by Crippen LogP contribution is 2.38. The second-order valence-corrected chi connectivity index (χ2v) is 9.17. The fourth-order valence-electron chi connectivity index (χ4n) is 3.04. The lowest BCUT2D eigenvalue weighted by Gasteiger charge is -2.32. The molecular formula is C15H25BrN2S. The summed E-state index contributed by atoms with van der Waals surface area (Å²) in [5.41, 5.74) is 1.85. The quantitative estimate of drug-likeness (QED) is 0.866. The van der Waals surface area contributed by atoms with Crippen LogP contribution >= 0.6 is 27.3 Å². The number of rotatable bonds is 5. The summed E-state index contributed by atoms with van der Waals surface area (Å²) in [6, 6.07) is 2.86. The third kappa shape index (κ3) is 4.28. The van der Waals surface area contributed by atoms with E-state index in [1.54, 1.807) is 4.88 Å². The lowest BCUT2D eigenvalue weighted by Crippen LogP contribution is -2.39. The molecule has 0 radical (unpaired) electrons. The molecule has 2 rings (SSSR count). The van der Waals surface area contributed by atoms with Crippen LogP contribution in [0.5, 0.6) is 0 Å². The topological polar surface area (TPSA) is 15.3 Å². The maximum Gasteiger partial charge on any atom is 0.0704 e. The Kier molecular flexibility index (Phi) is 5.09. The highest BCUT2D eigenvalue weighted by molar-refractivity contribution is 9.11. The fraction of sp³-hybridized carbons (Fsp3) is 0.733. The number of nitrogens with zero attached hydrogens (tertiary/aromatic N) is 1. The van der Waals surface area contributed by atoms with Crippen LogP contribution in [-0.2, 0) is 6.42 Å². The molecule has 0 amide bonds. The molecule has 0 spiro atoms. The van der Waals surface area contributed by atoms with E-state index in [1.165, 1.54) is 28.6 Å². The smallest absolute Gasteiger partial charge is 0.0704 e. The third-order valence-electron chi connectivity index (χ3n) is 3.65. The van der Waals surface area contributed by atoms with Crippen molar-refractivity contribution >= 4 is 27.3 Å². The molecule has 1 aliphatic carbocycles. The Hall–Kier alpha value is 0.100. The number of halogens is 1. The third-order valence-corrected chi connectivity index (χ3v) is 5.37. The number of aryl methyl sites for hydroxylation is 1.